The summed E-state index contributed by atoms with van der Waals surface area (Å²) < 4.78 is 32.0. The molecule has 0 bridgehead atoms. The molecule has 1 unspecified atom stereocenters. The lowest BCUT2D eigenvalue weighted by Gasteiger charge is -2.31. The Morgan fingerprint density at radius 2 is 2.33 bits per heavy atom. The first-order valence-electron chi connectivity index (χ1n) is 5.76. The number of thiophene rings is 1. The molecule has 102 valence electrons. The maximum absolute atomic E-state index is 12.5. The lowest BCUT2D eigenvalue weighted by atomic mass is 10.3. The number of sulfonamides is 1. The number of hydrogen-bond donors (Lipinski definition) is 1. The minimum absolute atomic E-state index is 0.120. The van der Waals surface area contributed by atoms with E-state index in [-0.39, 0.29) is 12.6 Å². The first-order valence-corrected chi connectivity index (χ1v) is 8.02. The highest BCUT2D eigenvalue weighted by Gasteiger charge is 2.32. The Bertz CT molecular complexity index is 523. The lowest BCUT2D eigenvalue weighted by Crippen LogP contribution is -2.46. The molecule has 1 N–H and O–H groups in total. The van der Waals surface area contributed by atoms with Crippen LogP contribution in [0.25, 0.3) is 0 Å². The molecule has 0 aromatic carbocycles. The van der Waals surface area contributed by atoms with E-state index in [0.29, 0.717) is 28.8 Å². The highest BCUT2D eigenvalue weighted by atomic mass is 32.2. The summed E-state index contributed by atoms with van der Waals surface area (Å²) in [6.07, 6.45) is 0. The summed E-state index contributed by atoms with van der Waals surface area (Å²) in [7, 11) is -3.46. The number of ether oxygens (including phenoxy) is 1. The van der Waals surface area contributed by atoms with Gasteiger partial charge in [0.25, 0.3) is 10.0 Å². The van der Waals surface area contributed by atoms with Crippen LogP contribution in [0.2, 0.25) is 0 Å². The predicted octanol–water partition coefficient (Wildman–Crippen LogP) is 0.958. The van der Waals surface area contributed by atoms with Gasteiger partial charge in [-0.05, 0) is 25.5 Å². The molecule has 1 saturated heterocycles. The van der Waals surface area contributed by atoms with E-state index in [2.05, 4.69) is 0 Å². The number of rotatable bonds is 3. The number of morpholine rings is 1. The van der Waals surface area contributed by atoms with Crippen molar-refractivity contribution in [2.45, 2.75) is 30.7 Å². The Kier molecular flexibility index (Phi) is 4.08. The van der Waals surface area contributed by atoms with Crippen molar-refractivity contribution >= 4 is 21.4 Å². The van der Waals surface area contributed by atoms with E-state index < -0.39 is 10.0 Å². The monoisotopic (exact) mass is 291 g/mol. The van der Waals surface area contributed by atoms with Gasteiger partial charge in [-0.2, -0.15) is 4.31 Å². The molecular weight excluding hydrogens is 274 g/mol. The van der Waals surface area contributed by atoms with Crippen molar-refractivity contribution in [1.82, 2.24) is 4.31 Å². The van der Waals surface area contributed by atoms with Gasteiger partial charge in [0.2, 0.25) is 0 Å². The average molecular weight is 291 g/mol. The summed E-state index contributed by atoms with van der Waals surface area (Å²) in [5, 5.41) is 9.14. The van der Waals surface area contributed by atoms with Crippen LogP contribution in [0.4, 0.5) is 0 Å². The smallest absolute Gasteiger partial charge is 0.252 e. The molecule has 7 heteroatoms. The van der Waals surface area contributed by atoms with E-state index in [1.54, 1.807) is 6.07 Å². The molecule has 2 rings (SSSR count). The van der Waals surface area contributed by atoms with Crippen molar-refractivity contribution in [1.29, 1.82) is 0 Å². The van der Waals surface area contributed by atoms with Crippen molar-refractivity contribution in [3.8, 4) is 0 Å². The third kappa shape index (κ3) is 2.46. The van der Waals surface area contributed by atoms with Crippen LogP contribution >= 0.6 is 11.3 Å². The first kappa shape index (κ1) is 14.0. The Morgan fingerprint density at radius 1 is 1.61 bits per heavy atom. The first-order chi connectivity index (χ1) is 8.46. The van der Waals surface area contributed by atoms with Crippen molar-refractivity contribution in [3.63, 3.8) is 0 Å². The summed E-state index contributed by atoms with van der Waals surface area (Å²) in [5.41, 5.74) is 0.821. The highest BCUT2D eigenvalue weighted by Crippen LogP contribution is 2.30. The van der Waals surface area contributed by atoms with Gasteiger partial charge in [-0.25, -0.2) is 8.42 Å². The molecule has 1 aliphatic heterocycles. The molecule has 1 fully saturated rings. The molecule has 18 heavy (non-hydrogen) atoms. The molecule has 1 aromatic heterocycles. The molecule has 5 nitrogen and oxygen atoms in total. The summed E-state index contributed by atoms with van der Waals surface area (Å²) in [5.74, 6) is 0. The molecule has 0 radical (unpaired) electrons. The number of aliphatic hydroxyl groups excluding tert-OH is 1. The van der Waals surface area contributed by atoms with E-state index in [4.69, 9.17) is 9.84 Å². The van der Waals surface area contributed by atoms with E-state index in [0.717, 1.165) is 16.9 Å². The van der Waals surface area contributed by atoms with Crippen molar-refractivity contribution in [2.24, 2.45) is 0 Å². The molecule has 1 aliphatic rings. The third-order valence-corrected chi connectivity index (χ3v) is 6.70. The Hall–Kier alpha value is -0.470. The third-order valence-electron chi connectivity index (χ3n) is 3.01. The minimum Gasteiger partial charge on any atom is -0.391 e. The van der Waals surface area contributed by atoms with Gasteiger partial charge in [0.05, 0.1) is 19.8 Å². The summed E-state index contributed by atoms with van der Waals surface area (Å²) in [4.78, 5) is 0.703. The fourth-order valence-corrected chi connectivity index (χ4v) is 5.14. The van der Waals surface area contributed by atoms with Crippen molar-refractivity contribution in [2.75, 3.05) is 19.8 Å². The normalized spacial score (nSPS) is 22.3. The Balaban J connectivity index is 2.34. The molecule has 0 amide bonds. The van der Waals surface area contributed by atoms with Gasteiger partial charge in [-0.3, -0.25) is 0 Å². The fourth-order valence-electron chi connectivity index (χ4n) is 1.96. The maximum atomic E-state index is 12.5. The summed E-state index contributed by atoms with van der Waals surface area (Å²) >= 11 is 1.14. The second-order valence-corrected chi connectivity index (χ2v) is 7.62. The highest BCUT2D eigenvalue weighted by molar-refractivity contribution is 7.91. The largest absolute Gasteiger partial charge is 0.391 e. The van der Waals surface area contributed by atoms with E-state index in [1.165, 1.54) is 4.31 Å². The second-order valence-electron chi connectivity index (χ2n) is 4.37. The van der Waals surface area contributed by atoms with Crippen LogP contribution in [0.5, 0.6) is 0 Å². The van der Waals surface area contributed by atoms with Crippen LogP contribution < -0.4 is 0 Å². The van der Waals surface area contributed by atoms with Gasteiger partial charge in [0.15, 0.2) is 0 Å². The molecule has 1 aromatic rings. The zero-order valence-electron chi connectivity index (χ0n) is 10.4. The van der Waals surface area contributed by atoms with Gasteiger partial charge in [0, 0.05) is 17.5 Å². The fraction of sp³-hybridized carbons (Fsp3) is 0.636. The zero-order chi connectivity index (χ0) is 13.3. The van der Waals surface area contributed by atoms with E-state index in [1.807, 2.05) is 13.8 Å². The van der Waals surface area contributed by atoms with Crippen LogP contribution in [0, 0.1) is 6.92 Å². The van der Waals surface area contributed by atoms with Crippen LogP contribution in [0.3, 0.4) is 0 Å². The van der Waals surface area contributed by atoms with Crippen LogP contribution in [-0.2, 0) is 21.4 Å². The van der Waals surface area contributed by atoms with Gasteiger partial charge < -0.3 is 9.84 Å². The van der Waals surface area contributed by atoms with Gasteiger partial charge in [-0.15, -0.1) is 11.3 Å². The average Bonchev–Trinajstić information content (AvgIpc) is 2.71. The minimum atomic E-state index is -3.46. The molecule has 0 aliphatic carbocycles. The molecule has 0 spiro atoms. The van der Waals surface area contributed by atoms with Gasteiger partial charge in [0.1, 0.15) is 4.21 Å². The number of nitrogens with zero attached hydrogens (tertiary/aromatic N) is 1. The Labute approximate surface area is 111 Å². The number of hydrogen-bond acceptors (Lipinski definition) is 5. The Morgan fingerprint density at radius 3 is 2.89 bits per heavy atom. The summed E-state index contributed by atoms with van der Waals surface area (Å²) in [6, 6.07) is 1.48. The number of aryl methyl sites for hydroxylation is 1. The maximum Gasteiger partial charge on any atom is 0.252 e. The van der Waals surface area contributed by atoms with Crippen LogP contribution in [0.15, 0.2) is 10.3 Å². The van der Waals surface area contributed by atoms with Crippen LogP contribution in [-0.4, -0.2) is 43.6 Å². The quantitative estimate of drug-likeness (QED) is 0.900. The predicted molar refractivity (Wildman–Crippen MR) is 69.2 cm³/mol. The topological polar surface area (TPSA) is 66.8 Å². The van der Waals surface area contributed by atoms with Crippen LogP contribution in [0.1, 0.15) is 17.4 Å². The standard InChI is InChI=1S/C11H17NO4S2/c1-8-5-11(17-10(8)6-13)18(14,15)12-3-4-16-7-9(12)2/h5,9,13H,3-4,6-7H2,1-2H3. The van der Waals surface area contributed by atoms with Crippen molar-refractivity contribution in [3.05, 3.63) is 16.5 Å². The van der Waals surface area contributed by atoms with Crippen molar-refractivity contribution < 1.29 is 18.3 Å². The molecule has 2 heterocycles. The molecule has 1 atom stereocenters. The molecular formula is C11H17NO4S2. The lowest BCUT2D eigenvalue weighted by molar-refractivity contribution is 0.0393. The SMILES string of the molecule is Cc1cc(S(=O)(=O)N2CCOCC2C)sc1CO. The van der Waals surface area contributed by atoms with Gasteiger partial charge >= 0.3 is 0 Å². The van der Waals surface area contributed by atoms with Gasteiger partial charge in [-0.1, -0.05) is 0 Å². The number of aliphatic hydroxyl groups is 1. The second kappa shape index (κ2) is 5.26. The van der Waals surface area contributed by atoms with E-state index in [9.17, 15) is 8.42 Å². The molecule has 0 saturated carbocycles. The zero-order valence-corrected chi connectivity index (χ0v) is 12.1. The summed E-state index contributed by atoms with van der Waals surface area (Å²) in [6.45, 7) is 4.77. The van der Waals surface area contributed by atoms with E-state index >= 15 is 0 Å².